The summed E-state index contributed by atoms with van der Waals surface area (Å²) in [5.74, 6) is 0. The van der Waals surface area contributed by atoms with Gasteiger partial charge in [-0.05, 0) is 36.1 Å². The maximum atomic E-state index is 10.6. The maximum Gasteiger partial charge on any atom is 0.150 e. The van der Waals surface area contributed by atoms with Gasteiger partial charge >= 0.3 is 0 Å². The highest BCUT2D eigenvalue weighted by Gasteiger charge is 2.02. The van der Waals surface area contributed by atoms with E-state index in [1.165, 1.54) is 9.10 Å². The maximum absolute atomic E-state index is 10.6. The van der Waals surface area contributed by atoms with E-state index in [0.717, 1.165) is 17.4 Å². The quantitative estimate of drug-likeness (QED) is 0.746. The average Bonchev–Trinajstić information content (AvgIpc) is 2.74. The third-order valence-electron chi connectivity index (χ3n) is 2.04. The van der Waals surface area contributed by atoms with Gasteiger partial charge in [-0.25, -0.2) is 0 Å². The lowest BCUT2D eigenvalue weighted by atomic mass is 10.2. The molecule has 0 aliphatic heterocycles. The van der Waals surface area contributed by atoms with Crippen molar-refractivity contribution in [1.82, 2.24) is 0 Å². The van der Waals surface area contributed by atoms with E-state index >= 15 is 0 Å². The molecule has 3 heteroatoms. The van der Waals surface area contributed by atoms with E-state index < -0.39 is 0 Å². The zero-order valence-corrected chi connectivity index (χ0v) is 9.90. The summed E-state index contributed by atoms with van der Waals surface area (Å²) >= 11 is 3.47. The number of aldehydes is 1. The molecule has 0 atom stereocenters. The van der Waals surface area contributed by atoms with Gasteiger partial charge in [0.1, 0.15) is 6.29 Å². The Morgan fingerprint density at radius 1 is 1.33 bits per heavy atom. The monoisotopic (exact) mass is 234 g/mol. The molecule has 1 nitrogen and oxygen atoms in total. The summed E-state index contributed by atoms with van der Waals surface area (Å²) < 4.78 is 1.27. The van der Waals surface area contributed by atoms with Gasteiger partial charge in [-0.2, -0.15) is 0 Å². The van der Waals surface area contributed by atoms with Crippen molar-refractivity contribution in [3.63, 3.8) is 0 Å². The van der Waals surface area contributed by atoms with Crippen LogP contribution < -0.4 is 0 Å². The normalized spacial score (nSPS) is 10.2. The molecular formula is C12H10OS2. The van der Waals surface area contributed by atoms with Crippen molar-refractivity contribution in [3.8, 4) is 0 Å². The number of carbonyl (C=O) groups excluding carboxylic acids is 1. The highest BCUT2D eigenvalue weighted by atomic mass is 32.2. The molecule has 0 amide bonds. The molecule has 0 saturated carbocycles. The molecule has 0 N–H and O–H groups in total. The van der Waals surface area contributed by atoms with Gasteiger partial charge in [0.15, 0.2) is 0 Å². The number of carbonyl (C=O) groups is 1. The molecule has 0 spiro atoms. The molecule has 0 aliphatic rings. The van der Waals surface area contributed by atoms with Crippen LogP contribution in [0.2, 0.25) is 0 Å². The number of aryl methyl sites for hydroxylation is 1. The molecule has 2 rings (SSSR count). The van der Waals surface area contributed by atoms with Crippen molar-refractivity contribution in [1.29, 1.82) is 0 Å². The van der Waals surface area contributed by atoms with E-state index in [2.05, 4.69) is 11.4 Å². The molecule has 2 aromatic rings. The molecule has 0 bridgehead atoms. The molecular weight excluding hydrogens is 224 g/mol. The first-order chi connectivity index (χ1) is 7.29. The van der Waals surface area contributed by atoms with Crippen molar-refractivity contribution in [2.24, 2.45) is 0 Å². The van der Waals surface area contributed by atoms with Crippen molar-refractivity contribution in [2.45, 2.75) is 16.0 Å². The largest absolute Gasteiger partial charge is 0.298 e. The second-order valence-electron chi connectivity index (χ2n) is 3.18. The second kappa shape index (κ2) is 4.64. The van der Waals surface area contributed by atoms with E-state index in [9.17, 15) is 4.79 Å². The van der Waals surface area contributed by atoms with Gasteiger partial charge in [0.05, 0.1) is 4.21 Å². The van der Waals surface area contributed by atoms with Crippen LogP contribution in [0.15, 0.2) is 44.8 Å². The number of benzene rings is 1. The topological polar surface area (TPSA) is 17.1 Å². The molecule has 0 saturated heterocycles. The lowest BCUT2D eigenvalue weighted by molar-refractivity contribution is 0.112. The Bertz CT molecular complexity index is 460. The molecule has 15 heavy (non-hydrogen) atoms. The van der Waals surface area contributed by atoms with E-state index in [0.29, 0.717) is 0 Å². The first kappa shape index (κ1) is 10.5. The minimum Gasteiger partial charge on any atom is -0.298 e. The molecule has 76 valence electrons. The molecule has 0 radical (unpaired) electrons. The third kappa shape index (κ3) is 2.49. The van der Waals surface area contributed by atoms with Crippen LogP contribution in [0, 0.1) is 6.92 Å². The summed E-state index contributed by atoms with van der Waals surface area (Å²) in [6.07, 6.45) is 0.882. The van der Waals surface area contributed by atoms with Crippen molar-refractivity contribution in [3.05, 3.63) is 46.8 Å². The zero-order valence-electron chi connectivity index (χ0n) is 8.27. The Kier molecular flexibility index (Phi) is 3.23. The lowest BCUT2D eigenvalue weighted by Gasteiger charge is -2.03. The van der Waals surface area contributed by atoms with E-state index in [1.54, 1.807) is 23.1 Å². The first-order valence-corrected chi connectivity index (χ1v) is 6.26. The fourth-order valence-electron chi connectivity index (χ4n) is 1.29. The van der Waals surface area contributed by atoms with Gasteiger partial charge < -0.3 is 0 Å². The first-order valence-electron chi connectivity index (χ1n) is 4.57. The molecule has 0 aliphatic carbocycles. The van der Waals surface area contributed by atoms with Crippen LogP contribution in [0.5, 0.6) is 0 Å². The summed E-state index contributed by atoms with van der Waals surface area (Å²) in [7, 11) is 0. The Balaban J connectivity index is 2.26. The van der Waals surface area contributed by atoms with Crippen molar-refractivity contribution in [2.75, 3.05) is 0 Å². The van der Waals surface area contributed by atoms with Crippen LogP contribution in [-0.2, 0) is 0 Å². The van der Waals surface area contributed by atoms with Gasteiger partial charge in [0.2, 0.25) is 0 Å². The van der Waals surface area contributed by atoms with Crippen LogP contribution in [0.25, 0.3) is 0 Å². The van der Waals surface area contributed by atoms with Crippen LogP contribution in [-0.4, -0.2) is 6.29 Å². The van der Waals surface area contributed by atoms with Crippen molar-refractivity contribution >= 4 is 29.4 Å². The third-order valence-corrected chi connectivity index (χ3v) is 4.26. The Labute approximate surface area is 97.1 Å². The standard InChI is InChI=1S/C12H10OS2/c1-9-7-10(8-13)4-5-11(9)15-12-3-2-6-14-12/h2-8H,1H3. The van der Waals surface area contributed by atoms with Crippen molar-refractivity contribution < 1.29 is 4.79 Å². The van der Waals surface area contributed by atoms with E-state index in [4.69, 9.17) is 0 Å². The molecule has 1 heterocycles. The van der Waals surface area contributed by atoms with Gasteiger partial charge in [0.25, 0.3) is 0 Å². The Morgan fingerprint density at radius 3 is 2.80 bits per heavy atom. The fraction of sp³-hybridized carbons (Fsp3) is 0.0833. The van der Waals surface area contributed by atoms with Crippen LogP contribution in [0.3, 0.4) is 0 Å². The lowest BCUT2D eigenvalue weighted by Crippen LogP contribution is -1.84. The van der Waals surface area contributed by atoms with Crippen LogP contribution in [0.1, 0.15) is 15.9 Å². The summed E-state index contributed by atoms with van der Waals surface area (Å²) in [5, 5.41) is 2.07. The highest BCUT2D eigenvalue weighted by molar-refractivity contribution is 8.01. The number of hydrogen-bond acceptors (Lipinski definition) is 3. The van der Waals surface area contributed by atoms with Crippen LogP contribution in [0.4, 0.5) is 0 Å². The Hall–Kier alpha value is -1.06. The molecule has 0 fully saturated rings. The SMILES string of the molecule is Cc1cc(C=O)ccc1Sc1cccs1. The van der Waals surface area contributed by atoms with E-state index in [-0.39, 0.29) is 0 Å². The number of rotatable bonds is 3. The summed E-state index contributed by atoms with van der Waals surface area (Å²) in [4.78, 5) is 11.8. The second-order valence-corrected chi connectivity index (χ2v) is 5.47. The fourth-order valence-corrected chi connectivity index (χ4v) is 3.09. The minimum atomic E-state index is 0.739. The van der Waals surface area contributed by atoms with Gasteiger partial charge in [0, 0.05) is 10.5 Å². The summed E-state index contributed by atoms with van der Waals surface area (Å²) in [5.41, 5.74) is 1.89. The summed E-state index contributed by atoms with van der Waals surface area (Å²) in [6, 6.07) is 9.92. The number of thiophene rings is 1. The minimum absolute atomic E-state index is 0.739. The average molecular weight is 234 g/mol. The summed E-state index contributed by atoms with van der Waals surface area (Å²) in [6.45, 7) is 2.03. The molecule has 1 aromatic heterocycles. The van der Waals surface area contributed by atoms with Gasteiger partial charge in [-0.15, -0.1) is 11.3 Å². The molecule has 0 unspecified atom stereocenters. The Morgan fingerprint density at radius 2 is 2.20 bits per heavy atom. The predicted molar refractivity (Wildman–Crippen MR) is 65.0 cm³/mol. The predicted octanol–water partition coefficient (Wildman–Crippen LogP) is 4.02. The van der Waals surface area contributed by atoms with Gasteiger partial charge in [-0.1, -0.05) is 23.9 Å². The van der Waals surface area contributed by atoms with Gasteiger partial charge in [-0.3, -0.25) is 4.79 Å². The van der Waals surface area contributed by atoms with E-state index in [1.807, 2.05) is 31.2 Å². The number of hydrogen-bond donors (Lipinski definition) is 0. The highest BCUT2D eigenvalue weighted by Crippen LogP contribution is 2.33. The smallest absolute Gasteiger partial charge is 0.150 e. The van der Waals surface area contributed by atoms with Crippen LogP contribution >= 0.6 is 23.1 Å². The molecule has 1 aromatic carbocycles. The zero-order chi connectivity index (χ0) is 10.7.